The summed E-state index contributed by atoms with van der Waals surface area (Å²) in [5.41, 5.74) is 9.62. The van der Waals surface area contributed by atoms with Crippen LogP contribution in [0, 0.1) is 5.41 Å². The number of aromatic nitrogens is 2. The second kappa shape index (κ2) is 8.22. The number of rotatable bonds is 3. The topological polar surface area (TPSA) is 76.6 Å². The molecule has 0 aliphatic carbocycles. The van der Waals surface area contributed by atoms with Crippen molar-refractivity contribution in [3.8, 4) is 16.9 Å². The monoisotopic (exact) mass is 451 g/mol. The van der Waals surface area contributed by atoms with E-state index in [2.05, 4.69) is 10.00 Å². The Labute approximate surface area is 184 Å². The summed E-state index contributed by atoms with van der Waals surface area (Å²) in [6.07, 6.45) is 1.85. The first-order valence-corrected chi connectivity index (χ1v) is 10.7. The van der Waals surface area contributed by atoms with Gasteiger partial charge in [-0.25, -0.2) is 0 Å². The van der Waals surface area contributed by atoms with E-state index in [1.54, 1.807) is 18.0 Å². The normalized spacial score (nSPS) is 18.8. The lowest BCUT2D eigenvalue weighted by molar-refractivity contribution is -0.187. The van der Waals surface area contributed by atoms with Gasteiger partial charge in [-0.2, -0.15) is 18.3 Å². The summed E-state index contributed by atoms with van der Waals surface area (Å²) in [7, 11) is 3.44. The van der Waals surface area contributed by atoms with Crippen molar-refractivity contribution in [1.29, 1.82) is 0 Å². The molecule has 0 atom stereocenters. The summed E-state index contributed by atoms with van der Waals surface area (Å²) in [5, 5.41) is 4.27. The fraction of sp³-hybridized carbons (Fsp3) is 0.545. The van der Waals surface area contributed by atoms with E-state index in [-0.39, 0.29) is 18.5 Å². The molecule has 1 aromatic heterocycles. The minimum Gasteiger partial charge on any atom is -0.495 e. The lowest BCUT2D eigenvalue weighted by Crippen LogP contribution is -2.51. The summed E-state index contributed by atoms with van der Waals surface area (Å²) in [5.74, 6) is -1.12. The number of nitrogen functional groups attached to an aromatic ring is 1. The van der Waals surface area contributed by atoms with Crippen LogP contribution < -0.4 is 15.4 Å². The molecule has 2 N–H and O–H groups in total. The Balaban J connectivity index is 1.50. The molecule has 0 radical (unpaired) electrons. The number of likely N-dealkylation sites (tertiary alicyclic amines) is 1. The number of halogens is 3. The second-order valence-corrected chi connectivity index (χ2v) is 8.79. The van der Waals surface area contributed by atoms with Crippen LogP contribution in [0.1, 0.15) is 25.7 Å². The minimum absolute atomic E-state index is 0.0226. The standard InChI is InChI=1S/C22H28F3N5O2/c1-28-14-15(13-27-28)16-11-17(26)19(32-2)12-18(16)29-7-3-21(4-8-29)5-9-30(10-6-21)20(31)22(23,24)25/h11-14H,3-10,26H2,1-2H3. The number of anilines is 2. The number of nitrogens with zero attached hydrogens (tertiary/aromatic N) is 4. The first-order chi connectivity index (χ1) is 15.1. The maximum absolute atomic E-state index is 12.8. The summed E-state index contributed by atoms with van der Waals surface area (Å²) >= 11 is 0. The highest BCUT2D eigenvalue weighted by Crippen LogP contribution is 2.45. The molecule has 2 saturated heterocycles. The molecule has 0 saturated carbocycles. The molecular weight excluding hydrogens is 423 g/mol. The van der Waals surface area contributed by atoms with Gasteiger partial charge in [0.15, 0.2) is 0 Å². The molecule has 1 aromatic carbocycles. The highest BCUT2D eigenvalue weighted by molar-refractivity contribution is 5.84. The highest BCUT2D eigenvalue weighted by atomic mass is 19.4. The van der Waals surface area contributed by atoms with Gasteiger partial charge in [0.2, 0.25) is 0 Å². The predicted octanol–water partition coefficient (Wildman–Crippen LogP) is 3.45. The molecule has 7 nitrogen and oxygen atoms in total. The van der Waals surface area contributed by atoms with E-state index in [1.165, 1.54) is 0 Å². The molecule has 1 spiro atoms. The molecule has 2 aliphatic rings. The van der Waals surface area contributed by atoms with Gasteiger partial charge in [0, 0.05) is 62.3 Å². The van der Waals surface area contributed by atoms with Crippen LogP contribution in [0.3, 0.4) is 0 Å². The summed E-state index contributed by atoms with van der Waals surface area (Å²) < 4.78 is 45.4. The zero-order valence-corrected chi connectivity index (χ0v) is 18.3. The number of methoxy groups -OCH3 is 1. The third-order valence-corrected chi connectivity index (χ3v) is 6.88. The predicted molar refractivity (Wildman–Crippen MR) is 115 cm³/mol. The molecule has 10 heteroatoms. The molecule has 2 fully saturated rings. The number of benzene rings is 1. The number of ether oxygens (including phenoxy) is 1. The molecular formula is C22H28F3N5O2. The number of alkyl halides is 3. The number of piperidine rings is 2. The Morgan fingerprint density at radius 2 is 1.75 bits per heavy atom. The average molecular weight is 451 g/mol. The Kier molecular flexibility index (Phi) is 5.72. The Bertz CT molecular complexity index is 986. The fourth-order valence-corrected chi connectivity index (χ4v) is 4.90. The maximum atomic E-state index is 12.8. The van der Waals surface area contributed by atoms with Crippen molar-refractivity contribution in [2.24, 2.45) is 12.5 Å². The van der Waals surface area contributed by atoms with Crippen molar-refractivity contribution in [2.45, 2.75) is 31.9 Å². The second-order valence-electron chi connectivity index (χ2n) is 8.79. The van der Waals surface area contributed by atoms with Crippen molar-refractivity contribution in [2.75, 3.05) is 43.9 Å². The van der Waals surface area contributed by atoms with Crippen molar-refractivity contribution in [3.63, 3.8) is 0 Å². The van der Waals surface area contributed by atoms with E-state index in [1.807, 2.05) is 25.4 Å². The highest BCUT2D eigenvalue weighted by Gasteiger charge is 2.46. The number of amides is 1. The summed E-state index contributed by atoms with van der Waals surface area (Å²) in [6.45, 7) is 1.87. The smallest absolute Gasteiger partial charge is 0.471 e. The quantitative estimate of drug-likeness (QED) is 0.724. The van der Waals surface area contributed by atoms with E-state index in [9.17, 15) is 18.0 Å². The van der Waals surface area contributed by atoms with Crippen molar-refractivity contribution in [1.82, 2.24) is 14.7 Å². The van der Waals surface area contributed by atoms with Crippen molar-refractivity contribution < 1.29 is 22.7 Å². The van der Waals surface area contributed by atoms with Crippen molar-refractivity contribution in [3.05, 3.63) is 24.5 Å². The van der Waals surface area contributed by atoms with E-state index in [0.29, 0.717) is 24.3 Å². The molecule has 0 bridgehead atoms. The molecule has 3 heterocycles. The van der Waals surface area contributed by atoms with Crippen molar-refractivity contribution >= 4 is 17.3 Å². The zero-order valence-electron chi connectivity index (χ0n) is 18.3. The van der Waals surface area contributed by atoms with Crippen LogP contribution in [-0.4, -0.2) is 60.1 Å². The third-order valence-electron chi connectivity index (χ3n) is 6.88. The molecule has 4 rings (SSSR count). The van der Waals surface area contributed by atoms with Gasteiger partial charge in [0.1, 0.15) is 5.75 Å². The molecule has 2 aromatic rings. The molecule has 0 unspecified atom stereocenters. The van der Waals surface area contributed by atoms with E-state index in [0.717, 1.165) is 47.6 Å². The SMILES string of the molecule is COc1cc(N2CCC3(CCN(C(=O)C(F)(F)F)CC3)CC2)c(-c2cnn(C)c2)cc1N. The van der Waals surface area contributed by atoms with Gasteiger partial charge in [0.05, 0.1) is 19.0 Å². The van der Waals surface area contributed by atoms with Crippen LogP contribution in [0.4, 0.5) is 24.5 Å². The molecule has 174 valence electrons. The largest absolute Gasteiger partial charge is 0.495 e. The first kappa shape index (κ1) is 22.3. The first-order valence-electron chi connectivity index (χ1n) is 10.7. The van der Waals surface area contributed by atoms with Crippen LogP contribution in [0.5, 0.6) is 5.75 Å². The van der Waals surface area contributed by atoms with Gasteiger partial charge < -0.3 is 20.3 Å². The Morgan fingerprint density at radius 1 is 1.12 bits per heavy atom. The number of carbonyl (C=O) groups excluding carboxylic acids is 1. The van der Waals surface area contributed by atoms with Crippen LogP contribution in [-0.2, 0) is 11.8 Å². The van der Waals surface area contributed by atoms with E-state index in [4.69, 9.17) is 10.5 Å². The summed E-state index contributed by atoms with van der Waals surface area (Å²) in [4.78, 5) is 14.8. The third kappa shape index (κ3) is 4.22. The molecule has 2 aliphatic heterocycles. The number of aryl methyl sites for hydroxylation is 1. The summed E-state index contributed by atoms with van der Waals surface area (Å²) in [6, 6.07) is 3.84. The lowest BCUT2D eigenvalue weighted by Gasteiger charge is -2.47. The molecule has 32 heavy (non-hydrogen) atoms. The minimum atomic E-state index is -4.80. The van der Waals surface area contributed by atoms with Gasteiger partial charge in [0.25, 0.3) is 0 Å². The Morgan fingerprint density at radius 3 is 2.28 bits per heavy atom. The maximum Gasteiger partial charge on any atom is 0.471 e. The van der Waals surface area contributed by atoms with Gasteiger partial charge in [-0.05, 0) is 37.2 Å². The lowest BCUT2D eigenvalue weighted by atomic mass is 9.71. The average Bonchev–Trinajstić information content (AvgIpc) is 3.20. The van der Waals surface area contributed by atoms with Gasteiger partial charge in [-0.15, -0.1) is 0 Å². The number of hydrogen-bond donors (Lipinski definition) is 1. The van der Waals surface area contributed by atoms with E-state index >= 15 is 0 Å². The fourth-order valence-electron chi connectivity index (χ4n) is 4.90. The van der Waals surface area contributed by atoms with Crippen LogP contribution in [0.15, 0.2) is 24.5 Å². The number of nitrogens with two attached hydrogens (primary N) is 1. The number of hydrogen-bond acceptors (Lipinski definition) is 5. The van der Waals surface area contributed by atoms with Gasteiger partial charge in [-0.1, -0.05) is 0 Å². The Hall–Kier alpha value is -2.91. The zero-order chi connectivity index (χ0) is 23.1. The van der Waals surface area contributed by atoms with Gasteiger partial charge >= 0.3 is 12.1 Å². The van der Waals surface area contributed by atoms with Crippen LogP contribution in [0.2, 0.25) is 0 Å². The van der Waals surface area contributed by atoms with E-state index < -0.39 is 12.1 Å². The number of carbonyl (C=O) groups is 1. The van der Waals surface area contributed by atoms with Crippen LogP contribution in [0.25, 0.3) is 11.1 Å². The molecule has 1 amide bonds. The van der Waals surface area contributed by atoms with Crippen LogP contribution >= 0.6 is 0 Å². The van der Waals surface area contributed by atoms with Gasteiger partial charge in [-0.3, -0.25) is 9.48 Å².